The lowest BCUT2D eigenvalue weighted by molar-refractivity contribution is 0.0995. The molecule has 0 N–H and O–H groups in total. The number of halogens is 1. The molecule has 0 aliphatic carbocycles. The average Bonchev–Trinajstić information content (AvgIpc) is 3.48. The van der Waals surface area contributed by atoms with Crippen molar-refractivity contribution in [3.05, 3.63) is 53.4 Å². The first-order valence-corrected chi connectivity index (χ1v) is 9.70. The van der Waals surface area contributed by atoms with Crippen LogP contribution in [-0.4, -0.2) is 46.0 Å². The van der Waals surface area contributed by atoms with Gasteiger partial charge in [0.05, 0.1) is 43.3 Å². The normalized spacial score (nSPS) is 18.2. The molecule has 0 spiro atoms. The molecule has 2 aliphatic heterocycles. The minimum Gasteiger partial charge on any atom is -0.492 e. The van der Waals surface area contributed by atoms with E-state index in [1.54, 1.807) is 11.0 Å². The Morgan fingerprint density at radius 2 is 2.20 bits per heavy atom. The Labute approximate surface area is 172 Å². The monoisotopic (exact) mass is 409 g/mol. The number of hydrogen-bond donors (Lipinski definition) is 0. The van der Waals surface area contributed by atoms with Gasteiger partial charge < -0.3 is 9.47 Å². The summed E-state index contributed by atoms with van der Waals surface area (Å²) >= 11 is 0. The molecule has 3 aromatic rings. The van der Waals surface area contributed by atoms with E-state index in [4.69, 9.17) is 9.47 Å². The van der Waals surface area contributed by atoms with Crippen molar-refractivity contribution < 1.29 is 18.7 Å². The van der Waals surface area contributed by atoms with Gasteiger partial charge in [-0.1, -0.05) is 0 Å². The van der Waals surface area contributed by atoms with Crippen LogP contribution in [0, 0.1) is 12.9 Å². The number of nitrogens with zero attached hydrogens (tertiary/aromatic N) is 5. The highest BCUT2D eigenvalue weighted by atomic mass is 19.1. The van der Waals surface area contributed by atoms with Gasteiger partial charge in [0.15, 0.2) is 11.6 Å². The average molecular weight is 409 g/mol. The fourth-order valence-corrected chi connectivity index (χ4v) is 3.95. The van der Waals surface area contributed by atoms with Gasteiger partial charge in [-0.15, -0.1) is 0 Å². The highest BCUT2D eigenvalue weighted by Gasteiger charge is 2.33. The van der Waals surface area contributed by atoms with Crippen LogP contribution < -0.4 is 9.64 Å². The summed E-state index contributed by atoms with van der Waals surface area (Å²) in [4.78, 5) is 23.1. The van der Waals surface area contributed by atoms with Crippen molar-refractivity contribution in [2.24, 2.45) is 0 Å². The molecule has 8 nitrogen and oxygen atoms in total. The van der Waals surface area contributed by atoms with Crippen LogP contribution in [0.5, 0.6) is 5.75 Å². The first kappa shape index (κ1) is 18.7. The summed E-state index contributed by atoms with van der Waals surface area (Å²) in [7, 11) is 1.39. The predicted octanol–water partition coefficient (Wildman–Crippen LogP) is 2.92. The molecule has 3 aromatic heterocycles. The Hall–Kier alpha value is -3.33. The molecular weight excluding hydrogens is 389 g/mol. The SMILES string of the molecule is COc1cc(-c2cc(C)c3c(n2)CN(c2ccn([C@H]4CCOC4)n2)C3=O)cnc1F. The van der Waals surface area contributed by atoms with Crippen molar-refractivity contribution in [3.8, 4) is 17.0 Å². The van der Waals surface area contributed by atoms with Crippen LogP contribution in [-0.2, 0) is 11.3 Å². The number of ether oxygens (including phenoxy) is 2. The van der Waals surface area contributed by atoms with Gasteiger partial charge in [-0.3, -0.25) is 19.4 Å². The fraction of sp³-hybridized carbons (Fsp3) is 0.333. The van der Waals surface area contributed by atoms with Gasteiger partial charge in [0.25, 0.3) is 11.9 Å². The molecule has 5 heterocycles. The molecule has 0 bridgehead atoms. The summed E-state index contributed by atoms with van der Waals surface area (Å²) in [6.45, 7) is 3.55. The highest BCUT2D eigenvalue weighted by Crippen LogP contribution is 2.32. The molecule has 1 saturated heterocycles. The van der Waals surface area contributed by atoms with Crippen molar-refractivity contribution in [3.63, 3.8) is 0 Å². The van der Waals surface area contributed by atoms with Crippen LogP contribution in [0.15, 0.2) is 30.6 Å². The van der Waals surface area contributed by atoms with Gasteiger partial charge >= 0.3 is 0 Å². The number of aromatic nitrogens is 4. The minimum atomic E-state index is -0.677. The summed E-state index contributed by atoms with van der Waals surface area (Å²) in [6.07, 6.45) is 4.20. The Balaban J connectivity index is 1.47. The second-order valence-corrected chi connectivity index (χ2v) is 7.43. The van der Waals surface area contributed by atoms with Crippen molar-refractivity contribution in [2.75, 3.05) is 25.2 Å². The van der Waals surface area contributed by atoms with Crippen LogP contribution >= 0.6 is 0 Å². The lowest BCUT2D eigenvalue weighted by atomic mass is 10.1. The number of rotatable bonds is 4. The number of hydrogen-bond acceptors (Lipinski definition) is 6. The molecular formula is C21H20FN5O3. The zero-order valence-corrected chi connectivity index (χ0v) is 16.6. The highest BCUT2D eigenvalue weighted by molar-refractivity contribution is 6.10. The van der Waals surface area contributed by atoms with Gasteiger partial charge in [0, 0.05) is 30.6 Å². The van der Waals surface area contributed by atoms with Gasteiger partial charge in [-0.05, 0) is 31.0 Å². The van der Waals surface area contributed by atoms with E-state index in [0.29, 0.717) is 41.5 Å². The minimum absolute atomic E-state index is 0.0478. The summed E-state index contributed by atoms with van der Waals surface area (Å²) in [5.41, 5.74) is 3.28. The van der Waals surface area contributed by atoms with Crippen molar-refractivity contribution >= 4 is 11.7 Å². The molecule has 2 aliphatic rings. The lowest BCUT2D eigenvalue weighted by Crippen LogP contribution is -2.24. The zero-order chi connectivity index (χ0) is 20.8. The van der Waals surface area contributed by atoms with Gasteiger partial charge in [0.2, 0.25) is 0 Å². The summed E-state index contributed by atoms with van der Waals surface area (Å²) in [6, 6.07) is 5.40. The number of pyridine rings is 2. The first-order valence-electron chi connectivity index (χ1n) is 9.70. The van der Waals surface area contributed by atoms with Crippen LogP contribution in [0.25, 0.3) is 11.3 Å². The van der Waals surface area contributed by atoms with Crippen LogP contribution in [0.3, 0.4) is 0 Å². The number of methoxy groups -OCH3 is 1. The summed E-state index contributed by atoms with van der Waals surface area (Å²) in [5, 5.41) is 4.60. The summed E-state index contributed by atoms with van der Waals surface area (Å²) < 4.78 is 26.0. The molecule has 154 valence electrons. The maximum Gasteiger partial charge on any atom is 0.262 e. The quantitative estimate of drug-likeness (QED) is 0.617. The second-order valence-electron chi connectivity index (χ2n) is 7.43. The molecule has 30 heavy (non-hydrogen) atoms. The molecule has 1 amide bonds. The molecule has 1 fully saturated rings. The largest absolute Gasteiger partial charge is 0.492 e. The molecule has 0 aromatic carbocycles. The van der Waals surface area contributed by atoms with E-state index >= 15 is 0 Å². The number of carbonyl (C=O) groups is 1. The van der Waals surface area contributed by atoms with E-state index < -0.39 is 5.95 Å². The van der Waals surface area contributed by atoms with E-state index in [2.05, 4.69) is 15.1 Å². The number of anilines is 1. The van der Waals surface area contributed by atoms with E-state index in [9.17, 15) is 9.18 Å². The van der Waals surface area contributed by atoms with Crippen LogP contribution in [0.2, 0.25) is 0 Å². The maximum atomic E-state index is 13.7. The molecule has 0 saturated carbocycles. The van der Waals surface area contributed by atoms with Crippen molar-refractivity contribution in [1.82, 2.24) is 19.7 Å². The van der Waals surface area contributed by atoms with E-state index in [1.165, 1.54) is 13.3 Å². The number of fused-ring (bicyclic) bond motifs is 1. The van der Waals surface area contributed by atoms with Crippen molar-refractivity contribution in [2.45, 2.75) is 25.9 Å². The Bertz CT molecular complexity index is 1140. The topological polar surface area (TPSA) is 82.4 Å². The fourth-order valence-electron chi connectivity index (χ4n) is 3.95. The third kappa shape index (κ3) is 3.02. The number of aryl methyl sites for hydroxylation is 1. The molecule has 0 radical (unpaired) electrons. The standard InChI is InChI=1S/C21H20FN5O3/c1-12-7-15(13-8-17(29-2)20(22)23-9-13)24-16-10-26(21(28)19(12)16)18-3-5-27(25-18)14-4-6-30-11-14/h3,5,7-9,14H,4,6,10-11H2,1-2H3/t14-/m0/s1. The summed E-state index contributed by atoms with van der Waals surface area (Å²) in [5.74, 6) is -0.157. The third-order valence-electron chi connectivity index (χ3n) is 5.53. The number of carbonyl (C=O) groups excluding carboxylic acids is 1. The zero-order valence-electron chi connectivity index (χ0n) is 16.6. The molecule has 9 heteroatoms. The first-order chi connectivity index (χ1) is 14.5. The van der Waals surface area contributed by atoms with Crippen LogP contribution in [0.4, 0.5) is 10.2 Å². The smallest absolute Gasteiger partial charge is 0.262 e. The van der Waals surface area contributed by atoms with Gasteiger partial charge in [-0.2, -0.15) is 9.49 Å². The van der Waals surface area contributed by atoms with Gasteiger partial charge in [0.1, 0.15) is 0 Å². The van der Waals surface area contributed by atoms with E-state index in [0.717, 1.165) is 18.6 Å². The second kappa shape index (κ2) is 7.17. The number of amides is 1. The third-order valence-corrected chi connectivity index (χ3v) is 5.53. The maximum absolute atomic E-state index is 13.7. The Morgan fingerprint density at radius 1 is 1.33 bits per heavy atom. The van der Waals surface area contributed by atoms with Gasteiger partial charge in [-0.25, -0.2) is 4.98 Å². The molecule has 1 atom stereocenters. The predicted molar refractivity (Wildman–Crippen MR) is 106 cm³/mol. The van der Waals surface area contributed by atoms with E-state index in [-0.39, 0.29) is 17.7 Å². The van der Waals surface area contributed by atoms with Crippen LogP contribution in [0.1, 0.15) is 34.1 Å². The molecule has 0 unspecified atom stereocenters. The molecule has 5 rings (SSSR count). The van der Waals surface area contributed by atoms with E-state index in [1.807, 2.05) is 29.9 Å². The lowest BCUT2D eigenvalue weighted by Gasteiger charge is -2.12. The Kier molecular flexibility index (Phi) is 4.47. The van der Waals surface area contributed by atoms with Crippen molar-refractivity contribution in [1.29, 1.82) is 0 Å². The Morgan fingerprint density at radius 3 is 2.97 bits per heavy atom.